The molecule has 0 radical (unpaired) electrons. The molecule has 0 aromatic heterocycles. The molecule has 0 atom stereocenters. The minimum absolute atomic E-state index is 0.0139. The first-order valence-electron chi connectivity index (χ1n) is 0.841. The maximum Gasteiger partial charge on any atom is 0.103 e. The van der Waals surface area contributed by atoms with Crippen molar-refractivity contribution in [3.8, 4) is 0 Å². The third-order valence-corrected chi connectivity index (χ3v) is 0.224. The van der Waals surface area contributed by atoms with Gasteiger partial charge >= 0.3 is 0 Å². The van der Waals surface area contributed by atoms with Crippen LogP contribution in [0.4, 0.5) is 0 Å². The standard InChI is InChI=1S/CH5NOS/c2-4-1-3/h3H,1-2H2. The van der Waals surface area contributed by atoms with Crippen molar-refractivity contribution in [2.24, 2.45) is 5.14 Å². The van der Waals surface area contributed by atoms with Crippen LogP contribution in [0.15, 0.2) is 0 Å². The summed E-state index contributed by atoms with van der Waals surface area (Å²) >= 11 is 0.912. The minimum Gasteiger partial charge on any atom is -0.384 e. The van der Waals surface area contributed by atoms with Crippen LogP contribution < -0.4 is 5.14 Å². The first kappa shape index (κ1) is 4.27. The van der Waals surface area contributed by atoms with Crippen molar-refractivity contribution in [3.63, 3.8) is 0 Å². The largest absolute Gasteiger partial charge is 0.384 e. The van der Waals surface area contributed by atoms with Crippen LogP contribution in [0.1, 0.15) is 0 Å². The van der Waals surface area contributed by atoms with Gasteiger partial charge in [-0.25, -0.2) is 0 Å². The molecule has 2 nitrogen and oxygen atoms in total. The Bertz CT molecular complexity index is 10.0. The van der Waals surface area contributed by atoms with Crippen LogP contribution in [0.2, 0.25) is 0 Å². The highest BCUT2D eigenvalue weighted by Crippen LogP contribution is 1.72. The second-order valence-corrected chi connectivity index (χ2v) is 0.887. The van der Waals surface area contributed by atoms with E-state index in [0.29, 0.717) is 0 Å². The van der Waals surface area contributed by atoms with Crippen molar-refractivity contribution in [1.29, 1.82) is 0 Å². The van der Waals surface area contributed by atoms with Gasteiger partial charge in [-0.15, -0.1) is 0 Å². The van der Waals surface area contributed by atoms with Crippen LogP contribution in [0, 0.1) is 0 Å². The van der Waals surface area contributed by atoms with Crippen LogP contribution in [0.3, 0.4) is 0 Å². The van der Waals surface area contributed by atoms with E-state index < -0.39 is 0 Å². The second-order valence-electron chi connectivity index (χ2n) is 0.296. The lowest BCUT2D eigenvalue weighted by molar-refractivity contribution is 0.375. The van der Waals surface area contributed by atoms with Crippen molar-refractivity contribution < 1.29 is 5.11 Å². The second kappa shape index (κ2) is 3.27. The van der Waals surface area contributed by atoms with E-state index in [0.717, 1.165) is 11.9 Å². The zero-order chi connectivity index (χ0) is 3.41. The number of aliphatic hydroxyl groups excluding tert-OH is 1. The molecule has 3 heteroatoms. The highest BCUT2D eigenvalue weighted by molar-refractivity contribution is 7.96. The molecule has 0 aliphatic carbocycles. The Morgan fingerprint density at radius 3 is 2.25 bits per heavy atom. The van der Waals surface area contributed by atoms with Gasteiger partial charge in [0.05, 0.1) is 0 Å². The lowest BCUT2D eigenvalue weighted by Crippen LogP contribution is -1.78. The summed E-state index contributed by atoms with van der Waals surface area (Å²) in [5, 5.41) is 12.4. The SMILES string of the molecule is NSCO. The Morgan fingerprint density at radius 2 is 2.25 bits per heavy atom. The van der Waals surface area contributed by atoms with E-state index in [1.165, 1.54) is 0 Å². The Morgan fingerprint density at radius 1 is 2.00 bits per heavy atom. The molecular weight excluding hydrogens is 74.1 g/mol. The lowest BCUT2D eigenvalue weighted by Gasteiger charge is -1.71. The number of aliphatic hydroxyl groups is 1. The van der Waals surface area contributed by atoms with Gasteiger partial charge in [0.1, 0.15) is 5.94 Å². The van der Waals surface area contributed by atoms with Crippen LogP contribution >= 0.6 is 11.9 Å². The molecule has 0 aliphatic heterocycles. The van der Waals surface area contributed by atoms with Gasteiger partial charge in [0.25, 0.3) is 0 Å². The van der Waals surface area contributed by atoms with Crippen molar-refractivity contribution in [2.45, 2.75) is 0 Å². The third kappa shape index (κ3) is 2.27. The zero-order valence-corrected chi connectivity index (χ0v) is 2.96. The predicted molar refractivity (Wildman–Crippen MR) is 18.9 cm³/mol. The van der Waals surface area contributed by atoms with Gasteiger partial charge < -0.3 is 5.11 Å². The molecule has 0 rings (SSSR count). The summed E-state index contributed by atoms with van der Waals surface area (Å²) in [5.41, 5.74) is 0. The summed E-state index contributed by atoms with van der Waals surface area (Å²) in [6.45, 7) is 0. The average molecular weight is 79.1 g/mol. The summed E-state index contributed by atoms with van der Waals surface area (Å²) in [7, 11) is 0. The van der Waals surface area contributed by atoms with Gasteiger partial charge in [0, 0.05) is 0 Å². The quantitative estimate of drug-likeness (QED) is 0.330. The first-order valence-corrected chi connectivity index (χ1v) is 1.89. The predicted octanol–water partition coefficient (Wildman–Crippen LogP) is -0.457. The maximum absolute atomic E-state index is 7.71. The molecule has 26 valence electrons. The molecule has 4 heavy (non-hydrogen) atoms. The minimum atomic E-state index is 0.0139. The van der Waals surface area contributed by atoms with Crippen LogP contribution in [0.5, 0.6) is 0 Å². The highest BCUT2D eigenvalue weighted by Gasteiger charge is 1.56. The Hall–Kier alpha value is 0.270. The van der Waals surface area contributed by atoms with E-state index in [1.807, 2.05) is 0 Å². The van der Waals surface area contributed by atoms with Crippen LogP contribution in [-0.4, -0.2) is 11.0 Å². The molecule has 0 bridgehead atoms. The van der Waals surface area contributed by atoms with Gasteiger partial charge in [0.2, 0.25) is 0 Å². The fourth-order valence-corrected chi connectivity index (χ4v) is 0. The summed E-state index contributed by atoms with van der Waals surface area (Å²) in [5.74, 6) is 0.0139. The topological polar surface area (TPSA) is 46.2 Å². The van der Waals surface area contributed by atoms with Gasteiger partial charge in [-0.1, -0.05) is 11.9 Å². The van der Waals surface area contributed by atoms with Crippen LogP contribution in [-0.2, 0) is 0 Å². The molecule has 0 fully saturated rings. The van der Waals surface area contributed by atoms with Crippen molar-refractivity contribution in [1.82, 2.24) is 0 Å². The van der Waals surface area contributed by atoms with E-state index in [2.05, 4.69) is 0 Å². The van der Waals surface area contributed by atoms with E-state index in [-0.39, 0.29) is 5.94 Å². The van der Waals surface area contributed by atoms with E-state index in [9.17, 15) is 0 Å². The smallest absolute Gasteiger partial charge is 0.103 e. The van der Waals surface area contributed by atoms with Crippen LogP contribution in [0.25, 0.3) is 0 Å². The summed E-state index contributed by atoms with van der Waals surface area (Å²) in [4.78, 5) is 0. The first-order chi connectivity index (χ1) is 1.91. The van der Waals surface area contributed by atoms with Gasteiger partial charge in [-0.05, 0) is 0 Å². The molecule has 0 saturated carbocycles. The molecule has 0 heterocycles. The normalized spacial score (nSPS) is 7.50. The fourth-order valence-electron chi connectivity index (χ4n) is 0. The van der Waals surface area contributed by atoms with Gasteiger partial charge in [-0.2, -0.15) is 0 Å². The Kier molecular flexibility index (Phi) is 3.49. The molecular formula is CH5NOS. The van der Waals surface area contributed by atoms with Gasteiger partial charge in [-0.3, -0.25) is 5.14 Å². The molecule has 0 aliphatic rings. The van der Waals surface area contributed by atoms with E-state index in [1.54, 1.807) is 0 Å². The Balaban J connectivity index is 1.97. The fraction of sp³-hybridized carbons (Fsp3) is 1.00. The molecule has 0 spiro atoms. The number of hydrogen-bond acceptors (Lipinski definition) is 3. The summed E-state index contributed by atoms with van der Waals surface area (Å²) in [6, 6.07) is 0. The number of rotatable bonds is 1. The van der Waals surface area contributed by atoms with Crippen molar-refractivity contribution >= 4 is 11.9 Å². The highest BCUT2D eigenvalue weighted by atomic mass is 32.2. The zero-order valence-electron chi connectivity index (χ0n) is 2.14. The number of nitrogens with two attached hydrogens (primary N) is 1. The lowest BCUT2D eigenvalue weighted by atomic mass is 11.7. The molecule has 0 unspecified atom stereocenters. The summed E-state index contributed by atoms with van der Waals surface area (Å²) in [6.07, 6.45) is 0. The average Bonchev–Trinajstić information content (AvgIpc) is 1.37. The van der Waals surface area contributed by atoms with Gasteiger partial charge in [0.15, 0.2) is 0 Å². The van der Waals surface area contributed by atoms with Crippen molar-refractivity contribution in [2.75, 3.05) is 5.94 Å². The molecule has 0 aromatic carbocycles. The monoisotopic (exact) mass is 79.0 g/mol. The third-order valence-electron chi connectivity index (χ3n) is 0.0745. The van der Waals surface area contributed by atoms with E-state index in [4.69, 9.17) is 10.2 Å². The number of hydrogen-bond donors (Lipinski definition) is 2. The molecule has 3 N–H and O–H groups in total. The van der Waals surface area contributed by atoms with Crippen molar-refractivity contribution in [3.05, 3.63) is 0 Å². The molecule has 0 saturated heterocycles. The van der Waals surface area contributed by atoms with E-state index >= 15 is 0 Å². The summed E-state index contributed by atoms with van der Waals surface area (Å²) < 4.78 is 0. The molecule has 0 amide bonds. The maximum atomic E-state index is 7.71. The Labute approximate surface area is 29.1 Å². The molecule has 0 aromatic rings.